The largest absolute Gasteiger partial charge is 0.395 e. The van der Waals surface area contributed by atoms with Crippen LogP contribution in [0.3, 0.4) is 0 Å². The van der Waals surface area contributed by atoms with Gasteiger partial charge in [-0.3, -0.25) is 0 Å². The van der Waals surface area contributed by atoms with Gasteiger partial charge in [-0.2, -0.15) is 4.98 Å². The van der Waals surface area contributed by atoms with Gasteiger partial charge in [0.1, 0.15) is 11.6 Å². The van der Waals surface area contributed by atoms with Crippen LogP contribution in [0.1, 0.15) is 5.56 Å². The molecule has 0 atom stereocenters. The summed E-state index contributed by atoms with van der Waals surface area (Å²) < 4.78 is 0. The van der Waals surface area contributed by atoms with E-state index in [2.05, 4.69) is 20.6 Å². The highest BCUT2D eigenvalue weighted by atomic mass is 35.5. The molecular formula is C8H12ClN5O. The van der Waals surface area contributed by atoms with Crippen LogP contribution in [0, 0.1) is 5.41 Å². The lowest BCUT2D eigenvalue weighted by Gasteiger charge is -2.10. The zero-order valence-electron chi connectivity index (χ0n) is 8.21. The van der Waals surface area contributed by atoms with Crippen LogP contribution in [0.4, 0.5) is 11.6 Å². The lowest BCUT2D eigenvalue weighted by Crippen LogP contribution is -2.12. The molecule has 0 saturated carbocycles. The molecular weight excluding hydrogens is 218 g/mol. The van der Waals surface area contributed by atoms with Gasteiger partial charge < -0.3 is 21.1 Å². The molecule has 82 valence electrons. The highest BCUT2D eigenvalue weighted by Crippen LogP contribution is 2.20. The van der Waals surface area contributed by atoms with Gasteiger partial charge in [-0.05, 0) is 11.6 Å². The highest BCUT2D eigenvalue weighted by Gasteiger charge is 2.10. The predicted molar refractivity (Wildman–Crippen MR) is 60.0 cm³/mol. The van der Waals surface area contributed by atoms with Gasteiger partial charge in [0.15, 0.2) is 0 Å². The standard InChI is InChI=1S/C8H12ClN5O/c1-11-6-5(4-10)7(12-2-3-15)14-8(9)13-6/h4,10,15H,2-3H2,1H3,(H2,11,12,13,14). The van der Waals surface area contributed by atoms with Gasteiger partial charge in [-0.15, -0.1) is 0 Å². The van der Waals surface area contributed by atoms with Crippen LogP contribution in [-0.2, 0) is 0 Å². The van der Waals surface area contributed by atoms with Gasteiger partial charge in [0.2, 0.25) is 5.28 Å². The summed E-state index contributed by atoms with van der Waals surface area (Å²) in [6.07, 6.45) is 1.13. The van der Waals surface area contributed by atoms with Gasteiger partial charge >= 0.3 is 0 Å². The number of aliphatic hydroxyl groups is 1. The molecule has 1 rings (SSSR count). The second-order valence-electron chi connectivity index (χ2n) is 2.65. The Bertz CT molecular complexity index is 357. The molecule has 0 aliphatic rings. The van der Waals surface area contributed by atoms with Gasteiger partial charge in [-0.25, -0.2) is 4.98 Å². The van der Waals surface area contributed by atoms with E-state index in [0.29, 0.717) is 23.7 Å². The average Bonchev–Trinajstić information content (AvgIpc) is 2.25. The summed E-state index contributed by atoms with van der Waals surface area (Å²) in [5.41, 5.74) is 0.510. The fourth-order valence-electron chi connectivity index (χ4n) is 1.08. The van der Waals surface area contributed by atoms with Crippen molar-refractivity contribution >= 4 is 29.5 Å². The van der Waals surface area contributed by atoms with E-state index in [0.717, 1.165) is 6.21 Å². The van der Waals surface area contributed by atoms with Crippen molar-refractivity contribution in [2.45, 2.75) is 0 Å². The molecule has 0 aliphatic carbocycles. The second-order valence-corrected chi connectivity index (χ2v) is 2.99. The van der Waals surface area contributed by atoms with Gasteiger partial charge in [0, 0.05) is 19.8 Å². The number of hydrogen-bond acceptors (Lipinski definition) is 6. The summed E-state index contributed by atoms with van der Waals surface area (Å²) in [4.78, 5) is 7.85. The molecule has 0 radical (unpaired) electrons. The zero-order valence-corrected chi connectivity index (χ0v) is 8.97. The number of nitrogens with zero attached hydrogens (tertiary/aromatic N) is 2. The Morgan fingerprint density at radius 2 is 2.13 bits per heavy atom. The fraction of sp³-hybridized carbons (Fsp3) is 0.375. The smallest absolute Gasteiger partial charge is 0.226 e. The van der Waals surface area contributed by atoms with Gasteiger partial charge in [0.05, 0.1) is 12.2 Å². The van der Waals surface area contributed by atoms with Crippen LogP contribution < -0.4 is 10.6 Å². The Morgan fingerprint density at radius 1 is 1.47 bits per heavy atom. The summed E-state index contributed by atoms with van der Waals surface area (Å²) in [7, 11) is 1.68. The molecule has 0 amide bonds. The van der Waals surface area contributed by atoms with Gasteiger partial charge in [-0.1, -0.05) is 0 Å². The van der Waals surface area contributed by atoms with Crippen molar-refractivity contribution < 1.29 is 5.11 Å². The molecule has 1 aromatic heterocycles. The number of aliphatic hydroxyl groups excluding tert-OH is 1. The number of halogens is 1. The molecule has 15 heavy (non-hydrogen) atoms. The molecule has 0 aliphatic heterocycles. The van der Waals surface area contributed by atoms with E-state index >= 15 is 0 Å². The monoisotopic (exact) mass is 229 g/mol. The van der Waals surface area contributed by atoms with Crippen LogP contribution in [0.5, 0.6) is 0 Å². The second kappa shape index (κ2) is 5.47. The predicted octanol–water partition coefficient (Wildman–Crippen LogP) is 0.574. The number of nitrogens with one attached hydrogen (secondary N) is 3. The Labute approximate surface area is 92.2 Å². The molecule has 1 heterocycles. The van der Waals surface area contributed by atoms with E-state index in [9.17, 15) is 0 Å². The maximum atomic E-state index is 8.68. The van der Waals surface area contributed by atoms with E-state index < -0.39 is 0 Å². The third kappa shape index (κ3) is 2.77. The van der Waals surface area contributed by atoms with Crippen molar-refractivity contribution in [1.82, 2.24) is 9.97 Å². The van der Waals surface area contributed by atoms with Crippen molar-refractivity contribution in [3.8, 4) is 0 Å². The highest BCUT2D eigenvalue weighted by molar-refractivity contribution is 6.28. The Kier molecular flexibility index (Phi) is 4.26. The van der Waals surface area contributed by atoms with Crippen molar-refractivity contribution in [1.29, 1.82) is 5.41 Å². The normalized spacial score (nSPS) is 9.80. The van der Waals surface area contributed by atoms with Crippen molar-refractivity contribution in [3.05, 3.63) is 10.8 Å². The fourth-order valence-corrected chi connectivity index (χ4v) is 1.25. The minimum absolute atomic E-state index is 0.0199. The first-order chi connectivity index (χ1) is 7.22. The molecule has 0 spiro atoms. The maximum absolute atomic E-state index is 8.68. The number of aromatic nitrogens is 2. The Morgan fingerprint density at radius 3 is 2.67 bits per heavy atom. The molecule has 1 aromatic rings. The number of anilines is 2. The van der Waals surface area contributed by atoms with Crippen LogP contribution >= 0.6 is 11.6 Å². The maximum Gasteiger partial charge on any atom is 0.226 e. The minimum atomic E-state index is -0.0199. The van der Waals surface area contributed by atoms with Crippen molar-refractivity contribution in [2.75, 3.05) is 30.8 Å². The van der Waals surface area contributed by atoms with E-state index in [1.807, 2.05) is 0 Å². The summed E-state index contributed by atoms with van der Waals surface area (Å²) in [6.45, 7) is 0.325. The Balaban J connectivity index is 3.10. The first kappa shape index (κ1) is 11.7. The van der Waals surface area contributed by atoms with Crippen molar-refractivity contribution in [2.24, 2.45) is 0 Å². The van der Waals surface area contributed by atoms with E-state index in [1.165, 1.54) is 0 Å². The minimum Gasteiger partial charge on any atom is -0.395 e. The summed E-state index contributed by atoms with van der Waals surface area (Å²) in [5, 5.41) is 21.7. The molecule has 0 unspecified atom stereocenters. The molecule has 6 nitrogen and oxygen atoms in total. The summed E-state index contributed by atoms with van der Waals surface area (Å²) in [5.74, 6) is 0.911. The third-order valence-electron chi connectivity index (χ3n) is 1.70. The number of rotatable bonds is 5. The molecule has 7 heteroatoms. The SMILES string of the molecule is CNc1nc(Cl)nc(NCCO)c1C=N. The van der Waals surface area contributed by atoms with Crippen LogP contribution in [0.25, 0.3) is 0 Å². The van der Waals surface area contributed by atoms with Crippen LogP contribution in [0.2, 0.25) is 5.28 Å². The topological polar surface area (TPSA) is 93.9 Å². The first-order valence-corrected chi connectivity index (χ1v) is 4.71. The lowest BCUT2D eigenvalue weighted by atomic mass is 10.3. The van der Waals surface area contributed by atoms with Crippen LogP contribution in [-0.4, -0.2) is 41.5 Å². The van der Waals surface area contributed by atoms with E-state index in [1.54, 1.807) is 7.05 Å². The Hall–Kier alpha value is -1.40. The molecule has 0 bridgehead atoms. The van der Waals surface area contributed by atoms with E-state index in [4.69, 9.17) is 22.1 Å². The summed E-state index contributed by atoms with van der Waals surface area (Å²) >= 11 is 5.70. The molecule has 4 N–H and O–H groups in total. The molecule has 0 saturated heterocycles. The first-order valence-electron chi connectivity index (χ1n) is 4.33. The molecule has 0 aromatic carbocycles. The van der Waals surface area contributed by atoms with E-state index in [-0.39, 0.29) is 11.9 Å². The van der Waals surface area contributed by atoms with Crippen molar-refractivity contribution in [3.63, 3.8) is 0 Å². The summed E-state index contributed by atoms with van der Waals surface area (Å²) in [6, 6.07) is 0. The van der Waals surface area contributed by atoms with Gasteiger partial charge in [0.25, 0.3) is 0 Å². The van der Waals surface area contributed by atoms with Crippen LogP contribution in [0.15, 0.2) is 0 Å². The zero-order chi connectivity index (χ0) is 11.3. The quantitative estimate of drug-likeness (QED) is 0.438. The lowest BCUT2D eigenvalue weighted by molar-refractivity contribution is 0.311. The number of hydrogen-bond donors (Lipinski definition) is 4. The molecule has 0 fully saturated rings. The average molecular weight is 230 g/mol. The third-order valence-corrected chi connectivity index (χ3v) is 1.87.